The molecular formula is C13H17N3O5. The van der Waals surface area contributed by atoms with Crippen molar-refractivity contribution in [3.05, 3.63) is 22.2 Å². The fourth-order valence-electron chi connectivity index (χ4n) is 1.91. The molecule has 0 radical (unpaired) electrons. The second kappa shape index (κ2) is 6.40. The van der Waals surface area contributed by atoms with Gasteiger partial charge in [0, 0.05) is 18.5 Å². The molecule has 0 bridgehead atoms. The van der Waals surface area contributed by atoms with Crippen LogP contribution in [0.3, 0.4) is 0 Å². The smallest absolute Gasteiger partial charge is 0.296 e. The normalized spacial score (nSPS) is 14.4. The summed E-state index contributed by atoms with van der Waals surface area (Å²) >= 11 is 0. The fraction of sp³-hybridized carbons (Fsp3) is 0.462. The molecule has 1 aromatic rings. The summed E-state index contributed by atoms with van der Waals surface area (Å²) < 4.78 is 10.7. The topological polar surface area (TPSA) is 117 Å². The van der Waals surface area contributed by atoms with Crippen molar-refractivity contribution in [3.63, 3.8) is 0 Å². The zero-order chi connectivity index (χ0) is 15.4. The van der Waals surface area contributed by atoms with Gasteiger partial charge in [0.15, 0.2) is 11.5 Å². The van der Waals surface area contributed by atoms with Crippen LogP contribution in [0.4, 0.5) is 11.4 Å². The molecule has 3 N–H and O–H groups in total. The molecule has 21 heavy (non-hydrogen) atoms. The van der Waals surface area contributed by atoms with Gasteiger partial charge in [-0.3, -0.25) is 14.9 Å². The van der Waals surface area contributed by atoms with Gasteiger partial charge in [-0.1, -0.05) is 6.92 Å². The maximum Gasteiger partial charge on any atom is 0.296 e. The summed E-state index contributed by atoms with van der Waals surface area (Å²) in [5, 5.41) is 13.6. The van der Waals surface area contributed by atoms with Gasteiger partial charge in [-0.05, 0) is 6.42 Å². The summed E-state index contributed by atoms with van der Waals surface area (Å²) in [6.07, 6.45) is 0.749. The van der Waals surface area contributed by atoms with Gasteiger partial charge in [0.25, 0.3) is 5.69 Å². The molecule has 8 heteroatoms. The molecule has 1 aliphatic heterocycles. The van der Waals surface area contributed by atoms with Crippen LogP contribution in [0.2, 0.25) is 0 Å². The molecule has 8 nitrogen and oxygen atoms in total. The average molecular weight is 295 g/mol. The second-order valence-electron chi connectivity index (χ2n) is 4.69. The van der Waals surface area contributed by atoms with Crippen molar-refractivity contribution in [1.82, 2.24) is 0 Å². The third-order valence-electron chi connectivity index (χ3n) is 3.10. The largest absolute Gasteiger partial charge is 0.486 e. The van der Waals surface area contributed by atoms with E-state index < -0.39 is 4.92 Å². The van der Waals surface area contributed by atoms with E-state index >= 15 is 0 Å². The highest BCUT2D eigenvalue weighted by Gasteiger charge is 2.23. The number of hydrogen-bond acceptors (Lipinski definition) is 6. The van der Waals surface area contributed by atoms with E-state index in [1.54, 1.807) is 0 Å². The number of nitrogens with two attached hydrogens (primary N) is 1. The minimum Gasteiger partial charge on any atom is -0.486 e. The van der Waals surface area contributed by atoms with Crippen LogP contribution >= 0.6 is 0 Å². The lowest BCUT2D eigenvalue weighted by molar-refractivity contribution is -0.384. The van der Waals surface area contributed by atoms with E-state index in [-0.39, 0.29) is 29.7 Å². The molecule has 1 unspecified atom stereocenters. The number of ether oxygens (including phenoxy) is 2. The number of carbonyl (C=O) groups is 1. The molecule has 0 aliphatic carbocycles. The van der Waals surface area contributed by atoms with Crippen molar-refractivity contribution in [2.75, 3.05) is 18.5 Å². The highest BCUT2D eigenvalue weighted by molar-refractivity contribution is 5.94. The monoisotopic (exact) mass is 295 g/mol. The van der Waals surface area contributed by atoms with Crippen molar-refractivity contribution in [3.8, 4) is 11.5 Å². The van der Waals surface area contributed by atoms with E-state index in [9.17, 15) is 14.9 Å². The van der Waals surface area contributed by atoms with Gasteiger partial charge in [0.05, 0.1) is 11.0 Å². The average Bonchev–Trinajstić information content (AvgIpc) is 2.46. The van der Waals surface area contributed by atoms with E-state index in [4.69, 9.17) is 15.2 Å². The number of nitro groups is 1. The number of rotatable bonds is 5. The van der Waals surface area contributed by atoms with Crippen molar-refractivity contribution >= 4 is 17.3 Å². The number of amides is 1. The Hall–Kier alpha value is -2.35. The first-order valence-electron chi connectivity index (χ1n) is 6.64. The summed E-state index contributed by atoms with van der Waals surface area (Å²) in [6, 6.07) is 2.38. The van der Waals surface area contributed by atoms with E-state index in [1.165, 1.54) is 12.1 Å². The Labute approximate surface area is 121 Å². The summed E-state index contributed by atoms with van der Waals surface area (Å²) in [5.74, 6) is 0.308. The van der Waals surface area contributed by atoms with Crippen molar-refractivity contribution in [2.45, 2.75) is 25.8 Å². The molecule has 1 aliphatic rings. The molecule has 0 spiro atoms. The van der Waals surface area contributed by atoms with Gasteiger partial charge in [0.2, 0.25) is 5.91 Å². The Kier molecular flexibility index (Phi) is 4.59. The number of benzene rings is 1. The van der Waals surface area contributed by atoms with Crippen LogP contribution in [0, 0.1) is 10.1 Å². The highest BCUT2D eigenvalue weighted by atomic mass is 16.6. The molecular weight excluding hydrogens is 278 g/mol. The Morgan fingerprint density at radius 2 is 2.05 bits per heavy atom. The molecule has 1 aromatic carbocycles. The van der Waals surface area contributed by atoms with E-state index in [0.717, 1.165) is 0 Å². The Morgan fingerprint density at radius 1 is 1.43 bits per heavy atom. The van der Waals surface area contributed by atoms with Crippen LogP contribution in [0.1, 0.15) is 19.8 Å². The predicted octanol–water partition coefficient (Wildman–Crippen LogP) is 1.43. The van der Waals surface area contributed by atoms with E-state index in [2.05, 4.69) is 5.32 Å². The molecule has 0 fully saturated rings. The number of carbonyl (C=O) groups excluding carboxylic acids is 1. The Balaban J connectivity index is 2.24. The van der Waals surface area contributed by atoms with Gasteiger partial charge in [-0.15, -0.1) is 0 Å². The summed E-state index contributed by atoms with van der Waals surface area (Å²) in [7, 11) is 0. The molecule has 1 atom stereocenters. The zero-order valence-corrected chi connectivity index (χ0v) is 11.6. The van der Waals surface area contributed by atoms with Crippen molar-refractivity contribution < 1.29 is 19.2 Å². The molecule has 1 amide bonds. The van der Waals surface area contributed by atoms with Gasteiger partial charge < -0.3 is 20.5 Å². The Morgan fingerprint density at radius 3 is 2.62 bits per heavy atom. The predicted molar refractivity (Wildman–Crippen MR) is 75.6 cm³/mol. The third kappa shape index (κ3) is 3.60. The molecule has 0 aromatic heterocycles. The quantitative estimate of drug-likeness (QED) is 0.627. The van der Waals surface area contributed by atoms with Crippen LogP contribution in [0.15, 0.2) is 12.1 Å². The van der Waals surface area contributed by atoms with E-state index in [0.29, 0.717) is 31.1 Å². The maximum absolute atomic E-state index is 11.8. The maximum atomic E-state index is 11.8. The SMILES string of the molecule is CCC(N)CC(=O)Nc1cc2c(cc1[N+](=O)[O-])OCCO2. The zero-order valence-electron chi connectivity index (χ0n) is 11.6. The van der Waals surface area contributed by atoms with Crippen LogP contribution < -0.4 is 20.5 Å². The standard InChI is InChI=1S/C13H17N3O5/c1-2-8(14)5-13(17)15-9-6-11-12(21-4-3-20-11)7-10(9)16(18)19/h6-8H,2-5,14H2,1H3,(H,15,17). The van der Waals surface area contributed by atoms with Crippen molar-refractivity contribution in [1.29, 1.82) is 0 Å². The van der Waals surface area contributed by atoms with Crippen LogP contribution in [-0.2, 0) is 4.79 Å². The first-order chi connectivity index (χ1) is 10.0. The van der Waals surface area contributed by atoms with Gasteiger partial charge in [-0.2, -0.15) is 0 Å². The summed E-state index contributed by atoms with van der Waals surface area (Å²) in [6.45, 7) is 2.56. The van der Waals surface area contributed by atoms with Crippen LogP contribution in [0.5, 0.6) is 11.5 Å². The first kappa shape index (κ1) is 15.0. The van der Waals surface area contributed by atoms with E-state index in [1.807, 2.05) is 6.92 Å². The highest BCUT2D eigenvalue weighted by Crippen LogP contribution is 2.39. The summed E-state index contributed by atoms with van der Waals surface area (Å²) in [4.78, 5) is 22.4. The number of fused-ring (bicyclic) bond motifs is 1. The minimum absolute atomic E-state index is 0.0811. The van der Waals surface area contributed by atoms with Gasteiger partial charge in [-0.25, -0.2) is 0 Å². The molecule has 114 valence electrons. The van der Waals surface area contributed by atoms with Gasteiger partial charge in [0.1, 0.15) is 18.9 Å². The van der Waals surface area contributed by atoms with Crippen molar-refractivity contribution in [2.24, 2.45) is 5.73 Å². The fourth-order valence-corrected chi connectivity index (χ4v) is 1.91. The van der Waals surface area contributed by atoms with Crippen LogP contribution in [-0.4, -0.2) is 30.1 Å². The number of nitrogens with zero attached hydrogens (tertiary/aromatic N) is 1. The van der Waals surface area contributed by atoms with Crippen LogP contribution in [0.25, 0.3) is 0 Å². The second-order valence-corrected chi connectivity index (χ2v) is 4.69. The number of anilines is 1. The molecule has 0 saturated heterocycles. The third-order valence-corrected chi connectivity index (χ3v) is 3.10. The number of nitrogens with one attached hydrogen (secondary N) is 1. The Bertz CT molecular complexity index is 561. The van der Waals surface area contributed by atoms with Gasteiger partial charge >= 0.3 is 0 Å². The lowest BCUT2D eigenvalue weighted by atomic mass is 10.1. The lowest BCUT2D eigenvalue weighted by Gasteiger charge is -2.19. The molecule has 0 saturated carbocycles. The first-order valence-corrected chi connectivity index (χ1v) is 6.64. The molecule has 1 heterocycles. The number of hydrogen-bond donors (Lipinski definition) is 2. The number of nitro benzene ring substituents is 1. The molecule has 2 rings (SSSR count). The minimum atomic E-state index is -0.576. The lowest BCUT2D eigenvalue weighted by Crippen LogP contribution is -2.26. The summed E-state index contributed by atoms with van der Waals surface area (Å²) in [5.41, 5.74) is 5.54.